The smallest absolute Gasteiger partial charge is 0.257 e. The molecule has 2 aliphatic rings. The van der Waals surface area contributed by atoms with Crippen LogP contribution in [0.4, 0.5) is 10.9 Å². The van der Waals surface area contributed by atoms with Crippen LogP contribution in [0.15, 0.2) is 72.8 Å². The fourth-order valence-corrected chi connectivity index (χ4v) is 8.01. The molecule has 1 N–H and O–H groups in total. The predicted octanol–water partition coefficient (Wildman–Crippen LogP) is 6.43. The number of anilines is 2. The Kier molecular flexibility index (Phi) is 9.85. The maximum atomic E-state index is 13.5. The Bertz CT molecular complexity index is 2050. The van der Waals surface area contributed by atoms with Crippen LogP contribution in [0, 0.1) is 6.92 Å². The summed E-state index contributed by atoms with van der Waals surface area (Å²) in [5.41, 5.74) is 8.28. The Morgan fingerprint density at radius 2 is 1.62 bits per heavy atom. The fraction of sp³-hybridized carbons (Fsp3) is 0.325. The zero-order chi connectivity index (χ0) is 34.8. The Morgan fingerprint density at radius 3 is 2.38 bits per heavy atom. The highest BCUT2D eigenvalue weighted by molar-refractivity contribution is 7.22. The summed E-state index contributed by atoms with van der Waals surface area (Å²) in [7, 11) is 0. The molecule has 2 aliphatic heterocycles. The molecule has 7 rings (SSSR count). The molecule has 10 heteroatoms. The molecular formula is C40H42N6O3S. The molecule has 50 heavy (non-hydrogen) atoms. The number of fused-ring (bicyclic) bond motifs is 2. The third-order valence-corrected chi connectivity index (χ3v) is 10.7. The van der Waals surface area contributed by atoms with Gasteiger partial charge in [0.15, 0.2) is 10.9 Å². The molecule has 0 aliphatic carbocycles. The van der Waals surface area contributed by atoms with Crippen molar-refractivity contribution in [1.82, 2.24) is 19.8 Å². The molecule has 256 valence electrons. The van der Waals surface area contributed by atoms with E-state index >= 15 is 0 Å². The number of thiazole rings is 1. The second kappa shape index (κ2) is 14.6. The topological polar surface area (TPSA) is 98.7 Å². The number of piperazine rings is 1. The van der Waals surface area contributed by atoms with E-state index in [1.807, 2.05) is 48.5 Å². The summed E-state index contributed by atoms with van der Waals surface area (Å²) >= 11 is 1.46. The largest absolute Gasteiger partial charge is 0.352 e. The lowest BCUT2D eigenvalue weighted by atomic mass is 9.93. The minimum Gasteiger partial charge on any atom is -0.352 e. The highest BCUT2D eigenvalue weighted by atomic mass is 32.1. The number of aromatic nitrogens is 2. The highest BCUT2D eigenvalue weighted by Crippen LogP contribution is 2.32. The summed E-state index contributed by atoms with van der Waals surface area (Å²) in [4.78, 5) is 54.4. The first-order valence-corrected chi connectivity index (χ1v) is 18.1. The van der Waals surface area contributed by atoms with Crippen LogP contribution in [0.5, 0.6) is 0 Å². The fourth-order valence-electron chi connectivity index (χ4n) is 7.15. The molecule has 4 heterocycles. The van der Waals surface area contributed by atoms with E-state index in [0.29, 0.717) is 29.5 Å². The number of amides is 1. The van der Waals surface area contributed by atoms with Gasteiger partial charge in [-0.05, 0) is 84.8 Å². The third kappa shape index (κ3) is 7.38. The van der Waals surface area contributed by atoms with Gasteiger partial charge in [-0.3, -0.25) is 24.6 Å². The molecule has 3 aromatic carbocycles. The van der Waals surface area contributed by atoms with E-state index in [0.717, 1.165) is 96.0 Å². The lowest BCUT2D eigenvalue weighted by molar-refractivity contribution is -0.118. The minimum absolute atomic E-state index is 0.0810. The van der Waals surface area contributed by atoms with Crippen LogP contribution in [0.2, 0.25) is 0 Å². The van der Waals surface area contributed by atoms with E-state index in [9.17, 15) is 14.4 Å². The van der Waals surface area contributed by atoms with Crippen molar-refractivity contribution in [2.45, 2.75) is 40.2 Å². The number of hydrogen-bond donors (Lipinski definition) is 1. The van der Waals surface area contributed by atoms with Gasteiger partial charge in [0.2, 0.25) is 0 Å². The summed E-state index contributed by atoms with van der Waals surface area (Å²) in [5.74, 6) is 0.689. The zero-order valence-electron chi connectivity index (χ0n) is 28.9. The Labute approximate surface area is 297 Å². The van der Waals surface area contributed by atoms with Crippen molar-refractivity contribution in [2.75, 3.05) is 56.0 Å². The first kappa shape index (κ1) is 33.7. The van der Waals surface area contributed by atoms with Gasteiger partial charge in [0, 0.05) is 63.9 Å². The van der Waals surface area contributed by atoms with Crippen LogP contribution < -0.4 is 10.2 Å². The molecular weight excluding hydrogens is 645 g/mol. The van der Waals surface area contributed by atoms with Gasteiger partial charge in [-0.25, -0.2) is 9.97 Å². The number of Topliss-reactive ketones (excluding diaryl/α,β-unsaturated/α-hetero) is 2. The number of rotatable bonds is 10. The first-order valence-electron chi connectivity index (χ1n) is 17.3. The van der Waals surface area contributed by atoms with E-state index in [4.69, 9.17) is 4.98 Å². The van der Waals surface area contributed by atoms with Crippen molar-refractivity contribution in [2.24, 2.45) is 0 Å². The Balaban J connectivity index is 1.05. The molecule has 0 unspecified atom stereocenters. The molecule has 2 aromatic heterocycles. The van der Waals surface area contributed by atoms with Gasteiger partial charge >= 0.3 is 0 Å². The molecule has 0 atom stereocenters. The van der Waals surface area contributed by atoms with Crippen molar-refractivity contribution < 1.29 is 14.4 Å². The lowest BCUT2D eigenvalue weighted by Crippen LogP contribution is -2.48. The van der Waals surface area contributed by atoms with Gasteiger partial charge in [-0.1, -0.05) is 53.8 Å². The first-order chi connectivity index (χ1) is 24.2. The average Bonchev–Trinajstić information content (AvgIpc) is 3.53. The number of nitrogens with one attached hydrogen (secondary N) is 1. The molecule has 1 saturated heterocycles. The number of pyridine rings is 1. The number of aryl methyl sites for hydroxylation is 1. The van der Waals surface area contributed by atoms with Crippen LogP contribution in [-0.4, -0.2) is 83.1 Å². The van der Waals surface area contributed by atoms with Gasteiger partial charge in [0.25, 0.3) is 5.91 Å². The number of benzene rings is 3. The van der Waals surface area contributed by atoms with Crippen LogP contribution in [0.25, 0.3) is 21.3 Å². The third-order valence-electron chi connectivity index (χ3n) is 9.78. The number of carbonyl (C=O) groups excluding carboxylic acids is 3. The van der Waals surface area contributed by atoms with E-state index in [1.54, 1.807) is 13.8 Å². The molecule has 0 bridgehead atoms. The Hall–Kier alpha value is -4.77. The summed E-state index contributed by atoms with van der Waals surface area (Å²) in [6.07, 6.45) is 1.72. The summed E-state index contributed by atoms with van der Waals surface area (Å²) in [6.45, 7) is 11.9. The maximum Gasteiger partial charge on any atom is 0.257 e. The minimum atomic E-state index is -0.179. The SMILES string of the molecule is CC(=O)CN1CCN(CCc2ccc(-c3ccc(N4CCc5cccc(C(=O)Nc6nc7ccccc7s6)c5C4)nc3C(C)=O)c(C)c2)CC1. The van der Waals surface area contributed by atoms with Gasteiger partial charge in [0.1, 0.15) is 17.3 Å². The monoisotopic (exact) mass is 686 g/mol. The van der Waals surface area contributed by atoms with Crippen LogP contribution in [0.1, 0.15) is 56.9 Å². The van der Waals surface area contributed by atoms with Crippen molar-refractivity contribution >= 4 is 50.0 Å². The molecule has 0 spiro atoms. The molecule has 1 fully saturated rings. The van der Waals surface area contributed by atoms with Crippen molar-refractivity contribution in [3.8, 4) is 11.1 Å². The molecule has 9 nitrogen and oxygen atoms in total. The quantitative estimate of drug-likeness (QED) is 0.168. The standard InChI is InChI=1S/C40H42N6O3S/c1-26-23-29(15-17-44-19-21-45(22-20-44)24-27(2)47)11-12-31(26)32-13-14-37(42-38(32)28(3)48)46-18-16-30-7-6-8-33(34(30)25-46)39(49)43-40-41-35-9-4-5-10-36(35)50-40/h4-14,23H,15-22,24-25H2,1-3H3,(H,41,43,49). The normalized spacial score (nSPS) is 15.2. The second-order valence-electron chi connectivity index (χ2n) is 13.4. The molecule has 0 saturated carbocycles. The zero-order valence-corrected chi connectivity index (χ0v) is 29.7. The summed E-state index contributed by atoms with van der Waals surface area (Å²) < 4.78 is 1.03. The van der Waals surface area contributed by atoms with E-state index in [2.05, 4.69) is 56.2 Å². The maximum absolute atomic E-state index is 13.5. The van der Waals surface area contributed by atoms with Gasteiger partial charge in [-0.2, -0.15) is 0 Å². The Morgan fingerprint density at radius 1 is 0.840 bits per heavy atom. The van der Waals surface area contributed by atoms with Crippen LogP contribution in [0.3, 0.4) is 0 Å². The van der Waals surface area contributed by atoms with Crippen molar-refractivity contribution in [3.05, 3.63) is 106 Å². The van der Waals surface area contributed by atoms with Crippen molar-refractivity contribution in [1.29, 1.82) is 0 Å². The van der Waals surface area contributed by atoms with Crippen molar-refractivity contribution in [3.63, 3.8) is 0 Å². The van der Waals surface area contributed by atoms with Crippen LogP contribution in [-0.2, 0) is 24.2 Å². The number of para-hydroxylation sites is 1. The summed E-state index contributed by atoms with van der Waals surface area (Å²) in [5, 5.41) is 3.60. The molecule has 0 radical (unpaired) electrons. The lowest BCUT2D eigenvalue weighted by Gasteiger charge is -2.34. The predicted molar refractivity (Wildman–Crippen MR) is 200 cm³/mol. The number of ketones is 2. The number of nitrogens with zero attached hydrogens (tertiary/aromatic N) is 5. The van der Waals surface area contributed by atoms with E-state index < -0.39 is 0 Å². The van der Waals surface area contributed by atoms with Crippen LogP contribution >= 0.6 is 11.3 Å². The highest BCUT2D eigenvalue weighted by Gasteiger charge is 2.25. The molecule has 1 amide bonds. The van der Waals surface area contributed by atoms with Gasteiger partial charge < -0.3 is 9.80 Å². The van der Waals surface area contributed by atoms with E-state index in [1.165, 1.54) is 16.9 Å². The number of carbonyl (C=O) groups is 3. The van der Waals surface area contributed by atoms with Gasteiger partial charge in [0.05, 0.1) is 16.8 Å². The second-order valence-corrected chi connectivity index (χ2v) is 14.4. The average molecular weight is 687 g/mol. The number of hydrogen-bond acceptors (Lipinski definition) is 9. The molecule has 5 aromatic rings. The summed E-state index contributed by atoms with van der Waals surface area (Å²) in [6, 6.07) is 24.3. The van der Waals surface area contributed by atoms with Gasteiger partial charge in [-0.15, -0.1) is 0 Å². The van der Waals surface area contributed by atoms with E-state index in [-0.39, 0.29) is 17.5 Å².